The lowest BCUT2D eigenvalue weighted by atomic mass is 9.74. The molecule has 2 atom stereocenters. The molecule has 0 aromatic rings. The van der Waals surface area contributed by atoms with Gasteiger partial charge in [0.2, 0.25) is 0 Å². The van der Waals surface area contributed by atoms with E-state index in [1.165, 1.54) is 18.4 Å². The number of rotatable bonds is 3. The van der Waals surface area contributed by atoms with E-state index in [1.807, 2.05) is 0 Å². The minimum Gasteiger partial charge on any atom is -0.314 e. The monoisotopic (exact) mass is 187 g/mol. The van der Waals surface area contributed by atoms with Gasteiger partial charge in [-0.3, -0.25) is 0 Å². The first-order chi connectivity index (χ1) is 6.85. The highest BCUT2D eigenvalue weighted by Crippen LogP contribution is 2.38. The molecule has 2 unspecified atom stereocenters. The second-order valence-corrected chi connectivity index (χ2v) is 4.10. The van der Waals surface area contributed by atoms with Gasteiger partial charge in [0.25, 0.3) is 0 Å². The van der Waals surface area contributed by atoms with E-state index in [2.05, 4.69) is 30.3 Å². The van der Waals surface area contributed by atoms with Crippen molar-refractivity contribution >= 4 is 0 Å². The van der Waals surface area contributed by atoms with Crippen molar-refractivity contribution in [2.75, 3.05) is 6.54 Å². The summed E-state index contributed by atoms with van der Waals surface area (Å²) in [5.41, 5.74) is 2.68. The minimum atomic E-state index is 0.705. The summed E-state index contributed by atoms with van der Waals surface area (Å²) in [5, 5.41) is 3.53. The quantitative estimate of drug-likeness (QED) is 0.668. The van der Waals surface area contributed by atoms with E-state index in [4.69, 9.17) is 6.42 Å². The van der Waals surface area contributed by atoms with E-state index in [1.54, 1.807) is 0 Å². The van der Waals surface area contributed by atoms with E-state index in [0.717, 1.165) is 24.5 Å². The summed E-state index contributed by atoms with van der Waals surface area (Å²) in [6, 6.07) is 0.705. The molecule has 0 bridgehead atoms. The molecule has 14 heavy (non-hydrogen) atoms. The van der Waals surface area contributed by atoms with Crippen LogP contribution in [0.4, 0.5) is 0 Å². The van der Waals surface area contributed by atoms with Gasteiger partial charge in [-0.25, -0.2) is 0 Å². The normalized spacial score (nSPS) is 30.3. The van der Waals surface area contributed by atoms with Crippen molar-refractivity contribution in [2.24, 2.45) is 5.92 Å². The molecule has 1 N–H and O–H groups in total. The number of hydrogen-bond acceptors (Lipinski definition) is 1. The van der Waals surface area contributed by atoms with Crippen molar-refractivity contribution in [3.63, 3.8) is 0 Å². The average molecular weight is 187 g/mol. The molecular weight excluding hydrogens is 170 g/mol. The van der Waals surface area contributed by atoms with Crippen molar-refractivity contribution in [1.29, 1.82) is 0 Å². The van der Waals surface area contributed by atoms with Crippen LogP contribution in [0.2, 0.25) is 0 Å². The van der Waals surface area contributed by atoms with Crippen LogP contribution in [-0.4, -0.2) is 12.6 Å². The zero-order valence-corrected chi connectivity index (χ0v) is 8.72. The van der Waals surface area contributed by atoms with Gasteiger partial charge in [-0.2, -0.15) is 0 Å². The third-order valence-corrected chi connectivity index (χ3v) is 3.30. The van der Waals surface area contributed by atoms with Crippen molar-refractivity contribution in [2.45, 2.75) is 32.2 Å². The molecule has 1 heteroatoms. The summed E-state index contributed by atoms with van der Waals surface area (Å²) in [6.07, 6.45) is 13.4. The molecule has 0 aromatic heterocycles. The van der Waals surface area contributed by atoms with Crippen LogP contribution < -0.4 is 5.32 Å². The Morgan fingerprint density at radius 1 is 1.50 bits per heavy atom. The Kier molecular flexibility index (Phi) is 2.74. The third-order valence-electron chi connectivity index (χ3n) is 3.30. The van der Waals surface area contributed by atoms with Crippen LogP contribution in [0, 0.1) is 18.3 Å². The average Bonchev–Trinajstić information content (AvgIpc) is 2.61. The van der Waals surface area contributed by atoms with E-state index in [0.29, 0.717) is 6.04 Å². The van der Waals surface area contributed by atoms with Crippen LogP contribution in [-0.2, 0) is 0 Å². The maximum absolute atomic E-state index is 5.38. The lowest BCUT2D eigenvalue weighted by Crippen LogP contribution is -2.44. The predicted molar refractivity (Wildman–Crippen MR) is 59.8 cm³/mol. The molecule has 0 aromatic carbocycles. The van der Waals surface area contributed by atoms with Gasteiger partial charge >= 0.3 is 0 Å². The number of terminal acetylenes is 1. The standard InChI is InChI=1S/C13H17N/c1-3-10-5-6-11(9-10)12-7-8-13(12)14-4-2/h1,5-6,12-14H,4,7-9H2,2H3. The Labute approximate surface area is 86.3 Å². The summed E-state index contributed by atoms with van der Waals surface area (Å²) >= 11 is 0. The van der Waals surface area contributed by atoms with Gasteiger partial charge in [0.05, 0.1) is 0 Å². The van der Waals surface area contributed by atoms with Crippen molar-refractivity contribution in [3.05, 3.63) is 23.3 Å². The fourth-order valence-electron chi connectivity index (χ4n) is 2.35. The number of hydrogen-bond donors (Lipinski definition) is 1. The van der Waals surface area contributed by atoms with Crippen LogP contribution in [0.25, 0.3) is 0 Å². The molecule has 0 amide bonds. The van der Waals surface area contributed by atoms with Gasteiger partial charge in [0, 0.05) is 18.0 Å². The maximum atomic E-state index is 5.38. The molecule has 74 valence electrons. The topological polar surface area (TPSA) is 12.0 Å². The van der Waals surface area contributed by atoms with Gasteiger partial charge in [-0.1, -0.05) is 30.6 Å². The van der Waals surface area contributed by atoms with E-state index >= 15 is 0 Å². The first-order valence-electron chi connectivity index (χ1n) is 5.44. The highest BCUT2D eigenvalue weighted by Gasteiger charge is 2.33. The Bertz CT molecular complexity index is 317. The lowest BCUT2D eigenvalue weighted by Gasteiger charge is -2.38. The molecule has 0 aliphatic heterocycles. The summed E-state index contributed by atoms with van der Waals surface area (Å²) in [7, 11) is 0. The van der Waals surface area contributed by atoms with E-state index in [9.17, 15) is 0 Å². The van der Waals surface area contributed by atoms with Crippen LogP contribution in [0.15, 0.2) is 23.3 Å². The maximum Gasteiger partial charge on any atom is 0.0133 e. The van der Waals surface area contributed by atoms with Crippen LogP contribution >= 0.6 is 0 Å². The molecule has 0 saturated heterocycles. The second-order valence-electron chi connectivity index (χ2n) is 4.10. The predicted octanol–water partition coefficient (Wildman–Crippen LogP) is 2.26. The van der Waals surface area contributed by atoms with Crippen LogP contribution in [0.1, 0.15) is 26.2 Å². The minimum absolute atomic E-state index is 0.705. The van der Waals surface area contributed by atoms with E-state index in [-0.39, 0.29) is 0 Å². The van der Waals surface area contributed by atoms with Gasteiger partial charge in [-0.15, -0.1) is 6.42 Å². The zero-order chi connectivity index (χ0) is 9.97. The molecule has 1 fully saturated rings. The smallest absolute Gasteiger partial charge is 0.0133 e. The second kappa shape index (κ2) is 4.02. The molecule has 0 spiro atoms. The fourth-order valence-corrected chi connectivity index (χ4v) is 2.35. The van der Waals surface area contributed by atoms with E-state index < -0.39 is 0 Å². The van der Waals surface area contributed by atoms with Gasteiger partial charge < -0.3 is 5.32 Å². The molecule has 1 nitrogen and oxygen atoms in total. The van der Waals surface area contributed by atoms with Crippen LogP contribution in [0.5, 0.6) is 0 Å². The molecule has 2 aliphatic carbocycles. The highest BCUT2D eigenvalue weighted by atomic mass is 14.9. The Balaban J connectivity index is 1.91. The Morgan fingerprint density at radius 2 is 2.36 bits per heavy atom. The Hall–Kier alpha value is -1.00. The Morgan fingerprint density at radius 3 is 2.86 bits per heavy atom. The fraction of sp³-hybridized carbons (Fsp3) is 0.538. The van der Waals surface area contributed by atoms with Gasteiger partial charge in [0.1, 0.15) is 0 Å². The first kappa shape index (κ1) is 9.55. The van der Waals surface area contributed by atoms with Crippen LogP contribution in [0.3, 0.4) is 0 Å². The molecular formula is C13H17N. The SMILES string of the molecule is C#CC1=CC=C(C2CCC2NCC)C1. The summed E-state index contributed by atoms with van der Waals surface area (Å²) in [6.45, 7) is 3.24. The lowest BCUT2D eigenvalue weighted by molar-refractivity contribution is 0.248. The van der Waals surface area contributed by atoms with Crippen molar-refractivity contribution < 1.29 is 0 Å². The highest BCUT2D eigenvalue weighted by molar-refractivity contribution is 5.42. The third kappa shape index (κ3) is 1.63. The molecule has 1 saturated carbocycles. The van der Waals surface area contributed by atoms with Gasteiger partial charge in [0.15, 0.2) is 0 Å². The number of nitrogens with one attached hydrogen (secondary N) is 1. The summed E-state index contributed by atoms with van der Waals surface area (Å²) in [5.74, 6) is 3.48. The first-order valence-corrected chi connectivity index (χ1v) is 5.44. The largest absolute Gasteiger partial charge is 0.314 e. The van der Waals surface area contributed by atoms with Crippen molar-refractivity contribution in [3.8, 4) is 12.3 Å². The molecule has 0 radical (unpaired) electrons. The van der Waals surface area contributed by atoms with Crippen molar-refractivity contribution in [1.82, 2.24) is 5.32 Å². The molecule has 0 heterocycles. The molecule has 2 aliphatic rings. The zero-order valence-electron chi connectivity index (χ0n) is 8.72. The summed E-state index contributed by atoms with van der Waals surface area (Å²) < 4.78 is 0. The summed E-state index contributed by atoms with van der Waals surface area (Å²) in [4.78, 5) is 0. The van der Waals surface area contributed by atoms with Gasteiger partial charge in [-0.05, 0) is 25.3 Å². The molecule has 2 rings (SSSR count). The number of allylic oxidation sites excluding steroid dienone is 3.